The monoisotopic (exact) mass is 348 g/mol. The van der Waals surface area contributed by atoms with Crippen molar-refractivity contribution >= 4 is 17.7 Å². The molecule has 0 saturated heterocycles. The largest absolute Gasteiger partial charge is 0.354 e. The van der Waals surface area contributed by atoms with Crippen LogP contribution < -0.4 is 11.1 Å². The highest BCUT2D eigenvalue weighted by molar-refractivity contribution is 7.98. The van der Waals surface area contributed by atoms with Gasteiger partial charge in [0.1, 0.15) is 0 Å². The highest BCUT2D eigenvalue weighted by Crippen LogP contribution is 2.41. The predicted octanol–water partition coefficient (Wildman–Crippen LogP) is 3.82. The van der Waals surface area contributed by atoms with E-state index < -0.39 is 0 Å². The molecule has 1 atom stereocenters. The summed E-state index contributed by atoms with van der Waals surface area (Å²) in [7, 11) is 0. The number of carbonyl (C=O) groups excluding carboxylic acids is 1. The van der Waals surface area contributed by atoms with E-state index in [1.165, 1.54) is 24.0 Å². The lowest BCUT2D eigenvalue weighted by Gasteiger charge is -2.31. The number of amides is 1. The van der Waals surface area contributed by atoms with Gasteiger partial charge in [-0.25, -0.2) is 0 Å². The molecule has 0 spiro atoms. The van der Waals surface area contributed by atoms with Crippen LogP contribution in [0.4, 0.5) is 0 Å². The number of hydrogen-bond donors (Lipinski definition) is 2. The molecule has 2 rings (SSSR count). The lowest BCUT2D eigenvalue weighted by Crippen LogP contribution is -2.46. The van der Waals surface area contributed by atoms with Gasteiger partial charge in [0.05, 0.1) is 6.04 Å². The second-order valence-electron chi connectivity index (χ2n) is 7.37. The maximum absolute atomic E-state index is 12.3. The van der Waals surface area contributed by atoms with Gasteiger partial charge in [-0.2, -0.15) is 11.8 Å². The van der Waals surface area contributed by atoms with Gasteiger partial charge < -0.3 is 11.1 Å². The molecule has 0 radical (unpaired) electrons. The van der Waals surface area contributed by atoms with E-state index >= 15 is 0 Å². The minimum atomic E-state index is -0.390. The number of rotatable bonds is 8. The first-order chi connectivity index (χ1) is 11.5. The fourth-order valence-corrected chi connectivity index (χ4v) is 4.09. The molecule has 1 aromatic rings. The second-order valence-corrected chi connectivity index (χ2v) is 8.36. The summed E-state index contributed by atoms with van der Waals surface area (Å²) in [5.41, 5.74) is 8.82. The Morgan fingerprint density at radius 3 is 2.42 bits per heavy atom. The number of thioether (sulfide) groups is 1. The molecule has 3 N–H and O–H groups in total. The van der Waals surface area contributed by atoms with Crippen LogP contribution in [0.5, 0.6) is 0 Å². The number of hydrogen-bond acceptors (Lipinski definition) is 3. The van der Waals surface area contributed by atoms with E-state index in [1.54, 1.807) is 11.8 Å². The summed E-state index contributed by atoms with van der Waals surface area (Å²) < 4.78 is 0. The maximum Gasteiger partial charge on any atom is 0.236 e. The number of nitrogens with two attached hydrogens (primary N) is 1. The number of nitrogens with one attached hydrogen (secondary N) is 1. The summed E-state index contributed by atoms with van der Waals surface area (Å²) in [5, 5.41) is 3.14. The standard InChI is InChI=1S/C20H32N2OS/c1-15(2)16-6-8-17(9-7-16)20(11-4-5-12-20)14-22-19(23)18(21)10-13-24-3/h6-9,15,18H,4-5,10-14,21H2,1-3H3,(H,22,23)/t18-/m0/s1. The molecular formula is C20H32N2OS. The van der Waals surface area contributed by atoms with E-state index in [0.717, 1.165) is 25.0 Å². The van der Waals surface area contributed by atoms with Crippen molar-refractivity contribution in [3.8, 4) is 0 Å². The Hall–Kier alpha value is -1.00. The lowest BCUT2D eigenvalue weighted by molar-refractivity contribution is -0.122. The Kier molecular flexibility index (Phi) is 7.17. The molecule has 0 heterocycles. The normalized spacial score (nSPS) is 17.9. The molecule has 3 nitrogen and oxygen atoms in total. The fraction of sp³-hybridized carbons (Fsp3) is 0.650. The average Bonchev–Trinajstić information content (AvgIpc) is 3.07. The van der Waals surface area contributed by atoms with Gasteiger partial charge in [0.2, 0.25) is 5.91 Å². The Morgan fingerprint density at radius 2 is 1.88 bits per heavy atom. The smallest absolute Gasteiger partial charge is 0.236 e. The van der Waals surface area contributed by atoms with Crippen molar-refractivity contribution in [1.29, 1.82) is 0 Å². The summed E-state index contributed by atoms with van der Waals surface area (Å²) in [6.07, 6.45) is 7.55. The SMILES string of the molecule is CSCC[C@H](N)C(=O)NCC1(c2ccc(C(C)C)cc2)CCCC1. The third-order valence-corrected chi connectivity index (χ3v) is 5.97. The number of carbonyl (C=O) groups is 1. The molecule has 1 aliphatic carbocycles. The molecule has 0 bridgehead atoms. The topological polar surface area (TPSA) is 55.1 Å². The molecule has 1 aromatic carbocycles. The molecule has 134 valence electrons. The van der Waals surface area contributed by atoms with E-state index in [-0.39, 0.29) is 17.4 Å². The molecule has 0 aliphatic heterocycles. The zero-order chi connectivity index (χ0) is 17.6. The Bertz CT molecular complexity index is 521. The number of benzene rings is 1. The van der Waals surface area contributed by atoms with Crippen LogP contribution in [0, 0.1) is 0 Å². The average molecular weight is 349 g/mol. The third kappa shape index (κ3) is 4.76. The zero-order valence-electron chi connectivity index (χ0n) is 15.3. The van der Waals surface area contributed by atoms with Gasteiger partial charge in [0.15, 0.2) is 0 Å². The summed E-state index contributed by atoms with van der Waals surface area (Å²) in [5.74, 6) is 1.47. The van der Waals surface area contributed by atoms with Crippen LogP contribution in [0.3, 0.4) is 0 Å². The van der Waals surface area contributed by atoms with Crippen LogP contribution in [0.1, 0.15) is 63.0 Å². The van der Waals surface area contributed by atoms with Crippen molar-refractivity contribution in [1.82, 2.24) is 5.32 Å². The van der Waals surface area contributed by atoms with Gasteiger partial charge in [0, 0.05) is 12.0 Å². The molecule has 4 heteroatoms. The van der Waals surface area contributed by atoms with E-state index in [4.69, 9.17) is 5.73 Å². The molecule has 0 unspecified atom stereocenters. The van der Waals surface area contributed by atoms with Gasteiger partial charge in [-0.3, -0.25) is 4.79 Å². The molecular weight excluding hydrogens is 316 g/mol. The third-order valence-electron chi connectivity index (χ3n) is 5.32. The van der Waals surface area contributed by atoms with Gasteiger partial charge in [-0.15, -0.1) is 0 Å². The van der Waals surface area contributed by atoms with Crippen LogP contribution in [0.2, 0.25) is 0 Å². The predicted molar refractivity (Wildman–Crippen MR) is 105 cm³/mol. The van der Waals surface area contributed by atoms with Crippen molar-refractivity contribution in [2.45, 2.75) is 63.3 Å². The Morgan fingerprint density at radius 1 is 1.25 bits per heavy atom. The summed E-state index contributed by atoms with van der Waals surface area (Å²) in [6, 6.07) is 8.62. The highest BCUT2D eigenvalue weighted by Gasteiger charge is 2.36. The lowest BCUT2D eigenvalue weighted by atomic mass is 9.78. The molecule has 1 amide bonds. The van der Waals surface area contributed by atoms with Crippen molar-refractivity contribution in [2.24, 2.45) is 5.73 Å². The molecule has 1 saturated carbocycles. The zero-order valence-corrected chi connectivity index (χ0v) is 16.1. The van der Waals surface area contributed by atoms with Crippen molar-refractivity contribution < 1.29 is 4.79 Å². The summed E-state index contributed by atoms with van der Waals surface area (Å²) >= 11 is 1.73. The Labute approximate surface area is 151 Å². The van der Waals surface area contributed by atoms with Crippen LogP contribution in [0.15, 0.2) is 24.3 Å². The van der Waals surface area contributed by atoms with Gasteiger partial charge in [0.25, 0.3) is 0 Å². The van der Waals surface area contributed by atoms with E-state index in [0.29, 0.717) is 12.5 Å². The quantitative estimate of drug-likeness (QED) is 0.751. The van der Waals surface area contributed by atoms with Gasteiger partial charge in [-0.1, -0.05) is 51.0 Å². The first-order valence-corrected chi connectivity index (χ1v) is 10.5. The fourth-order valence-electron chi connectivity index (χ4n) is 3.60. The van der Waals surface area contributed by atoms with Gasteiger partial charge in [-0.05, 0) is 48.3 Å². The molecule has 0 aromatic heterocycles. The minimum absolute atomic E-state index is 0.00544. The van der Waals surface area contributed by atoms with E-state index in [2.05, 4.69) is 43.4 Å². The second kappa shape index (κ2) is 8.91. The van der Waals surface area contributed by atoms with E-state index in [9.17, 15) is 4.79 Å². The van der Waals surface area contributed by atoms with Gasteiger partial charge >= 0.3 is 0 Å². The van der Waals surface area contributed by atoms with Crippen LogP contribution in [-0.2, 0) is 10.2 Å². The highest BCUT2D eigenvalue weighted by atomic mass is 32.2. The molecule has 24 heavy (non-hydrogen) atoms. The van der Waals surface area contributed by atoms with Crippen LogP contribution >= 0.6 is 11.8 Å². The maximum atomic E-state index is 12.3. The Balaban J connectivity index is 2.04. The van der Waals surface area contributed by atoms with E-state index in [1.807, 2.05) is 6.26 Å². The molecule has 1 aliphatic rings. The van der Waals surface area contributed by atoms with Crippen LogP contribution in [0.25, 0.3) is 0 Å². The summed E-state index contributed by atoms with van der Waals surface area (Å²) in [4.78, 5) is 12.3. The summed E-state index contributed by atoms with van der Waals surface area (Å²) in [6.45, 7) is 5.15. The minimum Gasteiger partial charge on any atom is -0.354 e. The first-order valence-electron chi connectivity index (χ1n) is 9.11. The van der Waals surface area contributed by atoms with Crippen LogP contribution in [-0.4, -0.2) is 30.5 Å². The van der Waals surface area contributed by atoms with Crippen molar-refractivity contribution in [2.75, 3.05) is 18.6 Å². The van der Waals surface area contributed by atoms with Crippen molar-refractivity contribution in [3.63, 3.8) is 0 Å². The first kappa shape index (κ1) is 19.3. The van der Waals surface area contributed by atoms with Crippen molar-refractivity contribution in [3.05, 3.63) is 35.4 Å². The molecule has 1 fully saturated rings.